The fourth-order valence-corrected chi connectivity index (χ4v) is 2.15. The lowest BCUT2D eigenvalue weighted by atomic mass is 9.90. The fraction of sp³-hybridized carbons (Fsp3) is 0.188. The van der Waals surface area contributed by atoms with Crippen LogP contribution in [-0.2, 0) is 15.1 Å². The minimum absolute atomic E-state index is 0.0658. The minimum atomic E-state index is -1.44. The highest BCUT2D eigenvalue weighted by Gasteiger charge is 2.40. The Balaban J connectivity index is 2.44. The molecule has 0 saturated heterocycles. The average Bonchev–Trinajstić information content (AvgIpc) is 2.49. The Morgan fingerprint density at radius 2 is 1.81 bits per heavy atom. The first-order valence-corrected chi connectivity index (χ1v) is 6.40. The second-order valence-corrected chi connectivity index (χ2v) is 4.64. The van der Waals surface area contributed by atoms with E-state index in [0.29, 0.717) is 11.3 Å². The molecule has 0 fully saturated rings. The summed E-state index contributed by atoms with van der Waals surface area (Å²) >= 11 is 0. The van der Waals surface area contributed by atoms with Crippen molar-refractivity contribution in [2.45, 2.75) is 5.54 Å². The number of carboxylic acid groups (broad SMARTS) is 1. The van der Waals surface area contributed by atoms with Gasteiger partial charge in [-0.1, -0.05) is 30.3 Å². The molecule has 2 aromatic rings. The number of carboxylic acids is 1. The van der Waals surface area contributed by atoms with Crippen LogP contribution in [0.1, 0.15) is 5.56 Å². The number of hydrogen-bond donors (Lipinski definition) is 2. The second kappa shape index (κ2) is 6.37. The number of benzene rings is 2. The monoisotopic (exact) mass is 289 g/mol. The van der Waals surface area contributed by atoms with Gasteiger partial charge in [0.2, 0.25) is 0 Å². The smallest absolute Gasteiger partial charge is 0.336 e. The molecule has 0 spiro atoms. The van der Waals surface area contributed by atoms with Crippen molar-refractivity contribution in [1.82, 2.24) is 0 Å². The Bertz CT molecular complexity index is 601. The van der Waals surface area contributed by atoms with Crippen molar-refractivity contribution in [3.63, 3.8) is 0 Å². The van der Waals surface area contributed by atoms with Crippen molar-refractivity contribution in [3.05, 3.63) is 66.0 Å². The van der Waals surface area contributed by atoms with Crippen LogP contribution in [0, 0.1) is 5.82 Å². The average molecular weight is 289 g/mol. The van der Waals surface area contributed by atoms with Gasteiger partial charge in [-0.05, 0) is 29.8 Å². The Hall–Kier alpha value is -2.40. The van der Waals surface area contributed by atoms with E-state index < -0.39 is 11.5 Å². The van der Waals surface area contributed by atoms with E-state index >= 15 is 0 Å². The summed E-state index contributed by atoms with van der Waals surface area (Å²) in [5.74, 6) is -1.45. The zero-order chi connectivity index (χ0) is 15.3. The third-order valence-electron chi connectivity index (χ3n) is 3.19. The summed E-state index contributed by atoms with van der Waals surface area (Å²) in [6, 6.07) is 14.3. The number of hydrogen-bond acceptors (Lipinski definition) is 3. The first-order chi connectivity index (χ1) is 10.1. The normalized spacial score (nSPS) is 13.4. The van der Waals surface area contributed by atoms with Crippen molar-refractivity contribution in [2.24, 2.45) is 0 Å². The molecule has 4 nitrogen and oxygen atoms in total. The van der Waals surface area contributed by atoms with Gasteiger partial charge in [-0.25, -0.2) is 9.18 Å². The van der Waals surface area contributed by atoms with Gasteiger partial charge < -0.3 is 15.2 Å². The van der Waals surface area contributed by atoms with E-state index in [9.17, 15) is 14.3 Å². The van der Waals surface area contributed by atoms with Gasteiger partial charge in [0.05, 0.1) is 6.61 Å². The zero-order valence-corrected chi connectivity index (χ0v) is 11.5. The van der Waals surface area contributed by atoms with Gasteiger partial charge in [0.15, 0.2) is 5.54 Å². The van der Waals surface area contributed by atoms with E-state index in [1.165, 1.54) is 31.4 Å². The molecule has 1 unspecified atom stereocenters. The molecule has 0 saturated carbocycles. The van der Waals surface area contributed by atoms with Crippen LogP contribution in [0.2, 0.25) is 0 Å². The standard InChI is InChI=1S/C16H16FNO3/c1-21-11-16(15(19)20,12-5-3-2-4-6-12)18-14-9-7-13(17)8-10-14/h2-10,18H,11H2,1H3,(H,19,20). The molecule has 1 atom stereocenters. The van der Waals surface area contributed by atoms with Crippen LogP contribution in [0.25, 0.3) is 0 Å². The van der Waals surface area contributed by atoms with Gasteiger partial charge >= 0.3 is 5.97 Å². The number of anilines is 1. The van der Waals surface area contributed by atoms with Crippen LogP contribution >= 0.6 is 0 Å². The molecule has 0 aromatic heterocycles. The Morgan fingerprint density at radius 1 is 1.19 bits per heavy atom. The Kier molecular flexibility index (Phi) is 4.55. The van der Waals surface area contributed by atoms with Crippen LogP contribution < -0.4 is 5.32 Å². The number of nitrogens with one attached hydrogen (secondary N) is 1. The van der Waals surface area contributed by atoms with Crippen molar-refractivity contribution >= 4 is 11.7 Å². The fourth-order valence-electron chi connectivity index (χ4n) is 2.15. The van der Waals surface area contributed by atoms with Crippen LogP contribution in [0.4, 0.5) is 10.1 Å². The summed E-state index contributed by atoms with van der Waals surface area (Å²) in [4.78, 5) is 11.9. The summed E-state index contributed by atoms with van der Waals surface area (Å²) in [5.41, 5.74) is -0.378. The maximum atomic E-state index is 13.0. The maximum Gasteiger partial charge on any atom is 0.336 e. The number of methoxy groups -OCH3 is 1. The molecule has 0 aliphatic rings. The highest BCUT2D eigenvalue weighted by molar-refractivity contribution is 5.85. The maximum absolute atomic E-state index is 13.0. The van der Waals surface area contributed by atoms with E-state index in [0.717, 1.165) is 0 Å². The molecule has 2 rings (SSSR count). The van der Waals surface area contributed by atoms with Gasteiger partial charge in [-0.2, -0.15) is 0 Å². The van der Waals surface area contributed by atoms with Crippen molar-refractivity contribution in [1.29, 1.82) is 0 Å². The molecule has 0 radical (unpaired) electrons. The lowest BCUT2D eigenvalue weighted by Gasteiger charge is -2.31. The third kappa shape index (κ3) is 3.20. The SMILES string of the molecule is COCC(Nc1ccc(F)cc1)(C(=O)O)c1ccccc1. The van der Waals surface area contributed by atoms with Gasteiger partial charge in [0.25, 0.3) is 0 Å². The van der Waals surface area contributed by atoms with Gasteiger partial charge in [0.1, 0.15) is 5.82 Å². The largest absolute Gasteiger partial charge is 0.479 e. The molecule has 0 bridgehead atoms. The molecule has 0 aliphatic heterocycles. The van der Waals surface area contributed by atoms with E-state index in [4.69, 9.17) is 4.74 Å². The van der Waals surface area contributed by atoms with Crippen molar-refractivity contribution in [3.8, 4) is 0 Å². The first kappa shape index (κ1) is 15.0. The number of aliphatic carboxylic acids is 1. The van der Waals surface area contributed by atoms with Crippen LogP contribution in [0.3, 0.4) is 0 Å². The highest BCUT2D eigenvalue weighted by atomic mass is 19.1. The molecular weight excluding hydrogens is 273 g/mol. The Morgan fingerprint density at radius 3 is 2.33 bits per heavy atom. The number of rotatable bonds is 6. The van der Waals surface area contributed by atoms with Crippen molar-refractivity contribution in [2.75, 3.05) is 19.0 Å². The molecule has 2 N–H and O–H groups in total. The lowest BCUT2D eigenvalue weighted by Crippen LogP contribution is -2.47. The number of halogens is 1. The quantitative estimate of drug-likeness (QED) is 0.858. The van der Waals surface area contributed by atoms with Crippen LogP contribution in [-0.4, -0.2) is 24.8 Å². The summed E-state index contributed by atoms with van der Waals surface area (Å²) in [5, 5.41) is 12.7. The Labute approximate surface area is 122 Å². The van der Waals surface area contributed by atoms with Gasteiger partial charge in [-0.3, -0.25) is 0 Å². The molecular formula is C16H16FNO3. The zero-order valence-electron chi connectivity index (χ0n) is 11.5. The van der Waals surface area contributed by atoms with Gasteiger partial charge in [0, 0.05) is 12.8 Å². The second-order valence-electron chi connectivity index (χ2n) is 4.64. The predicted molar refractivity (Wildman–Crippen MR) is 77.7 cm³/mol. The molecule has 21 heavy (non-hydrogen) atoms. The summed E-state index contributed by atoms with van der Waals surface area (Å²) in [6.07, 6.45) is 0. The first-order valence-electron chi connectivity index (χ1n) is 6.40. The number of carbonyl (C=O) groups is 1. The molecule has 0 heterocycles. The molecule has 5 heteroatoms. The van der Waals surface area contributed by atoms with E-state index in [1.54, 1.807) is 30.3 Å². The van der Waals surface area contributed by atoms with E-state index in [-0.39, 0.29) is 12.4 Å². The molecule has 110 valence electrons. The van der Waals surface area contributed by atoms with Crippen LogP contribution in [0.5, 0.6) is 0 Å². The number of ether oxygens (including phenoxy) is 1. The van der Waals surface area contributed by atoms with E-state index in [2.05, 4.69) is 5.32 Å². The summed E-state index contributed by atoms with van der Waals surface area (Å²) < 4.78 is 18.1. The lowest BCUT2D eigenvalue weighted by molar-refractivity contribution is -0.144. The summed E-state index contributed by atoms with van der Waals surface area (Å²) in [7, 11) is 1.44. The molecule has 0 aliphatic carbocycles. The topological polar surface area (TPSA) is 58.6 Å². The van der Waals surface area contributed by atoms with Crippen LogP contribution in [0.15, 0.2) is 54.6 Å². The molecule has 2 aromatic carbocycles. The minimum Gasteiger partial charge on any atom is -0.479 e. The highest BCUT2D eigenvalue weighted by Crippen LogP contribution is 2.27. The predicted octanol–water partition coefficient (Wildman–Crippen LogP) is 2.86. The van der Waals surface area contributed by atoms with E-state index in [1.807, 2.05) is 0 Å². The summed E-state index contributed by atoms with van der Waals surface area (Å²) in [6.45, 7) is -0.0658. The van der Waals surface area contributed by atoms with Crippen molar-refractivity contribution < 1.29 is 19.0 Å². The van der Waals surface area contributed by atoms with Gasteiger partial charge in [-0.15, -0.1) is 0 Å². The third-order valence-corrected chi connectivity index (χ3v) is 3.19. The molecule has 0 amide bonds.